The van der Waals surface area contributed by atoms with Gasteiger partial charge < -0.3 is 9.80 Å². The van der Waals surface area contributed by atoms with Gasteiger partial charge in [0, 0.05) is 16.3 Å². The van der Waals surface area contributed by atoms with E-state index in [0.717, 1.165) is 25.8 Å². The number of thiophene rings is 1. The monoisotopic (exact) mass is 306 g/mol. The normalized spacial score (nSPS) is 25.6. The van der Waals surface area contributed by atoms with Gasteiger partial charge in [-0.25, -0.2) is 0 Å². The summed E-state index contributed by atoms with van der Waals surface area (Å²) in [5.41, 5.74) is 0. The Morgan fingerprint density at radius 2 is 1.95 bits per heavy atom. The predicted molar refractivity (Wildman–Crippen MR) is 83.1 cm³/mol. The third kappa shape index (κ3) is 2.48. The molecule has 3 heterocycles. The van der Waals surface area contributed by atoms with E-state index < -0.39 is 0 Å². The molecule has 3 rings (SSSR count). The summed E-state index contributed by atoms with van der Waals surface area (Å²) in [5.74, 6) is 0.289. The fourth-order valence-electron chi connectivity index (χ4n) is 3.41. The zero-order chi connectivity index (χ0) is 15.0. The number of carbonyl (C=O) groups is 2. The minimum Gasteiger partial charge on any atom is -0.329 e. The van der Waals surface area contributed by atoms with Gasteiger partial charge in [0.1, 0.15) is 12.1 Å². The van der Waals surface area contributed by atoms with Crippen molar-refractivity contribution in [3.63, 3.8) is 0 Å². The van der Waals surface area contributed by atoms with Crippen molar-refractivity contribution in [3.8, 4) is 0 Å². The highest BCUT2D eigenvalue weighted by Crippen LogP contribution is 2.30. The number of piperazine rings is 1. The molecule has 2 fully saturated rings. The van der Waals surface area contributed by atoms with Crippen LogP contribution in [0.3, 0.4) is 0 Å². The van der Waals surface area contributed by atoms with E-state index in [1.807, 2.05) is 11.8 Å². The first-order valence-corrected chi connectivity index (χ1v) is 8.65. The third-order valence-electron chi connectivity index (χ3n) is 4.54. The van der Waals surface area contributed by atoms with E-state index in [9.17, 15) is 9.59 Å². The minimum atomic E-state index is -0.279. The van der Waals surface area contributed by atoms with Crippen molar-refractivity contribution >= 4 is 23.2 Å². The second-order valence-corrected chi connectivity index (χ2v) is 7.05. The third-order valence-corrected chi connectivity index (χ3v) is 5.76. The van der Waals surface area contributed by atoms with E-state index in [1.165, 1.54) is 9.75 Å². The molecule has 5 heteroatoms. The molecule has 2 aliphatic heterocycles. The summed E-state index contributed by atoms with van der Waals surface area (Å²) < 4.78 is 0. The molecule has 114 valence electrons. The van der Waals surface area contributed by atoms with E-state index in [4.69, 9.17) is 0 Å². The number of rotatable bonds is 4. The Morgan fingerprint density at radius 1 is 1.19 bits per heavy atom. The molecule has 2 unspecified atom stereocenters. The van der Waals surface area contributed by atoms with Crippen LogP contribution < -0.4 is 0 Å². The van der Waals surface area contributed by atoms with Crippen LogP contribution >= 0.6 is 11.3 Å². The number of hydrogen-bond acceptors (Lipinski definition) is 3. The van der Waals surface area contributed by atoms with E-state index in [1.54, 1.807) is 16.2 Å². The molecule has 2 aliphatic rings. The zero-order valence-corrected chi connectivity index (χ0v) is 13.5. The Balaban J connectivity index is 1.84. The first-order valence-electron chi connectivity index (χ1n) is 7.84. The molecule has 21 heavy (non-hydrogen) atoms. The van der Waals surface area contributed by atoms with Gasteiger partial charge >= 0.3 is 0 Å². The molecule has 2 atom stereocenters. The van der Waals surface area contributed by atoms with Crippen LogP contribution in [0.5, 0.6) is 0 Å². The summed E-state index contributed by atoms with van der Waals surface area (Å²) in [7, 11) is 0. The number of aryl methyl sites for hydroxylation is 1. The van der Waals surface area contributed by atoms with Crippen LogP contribution in [0.2, 0.25) is 0 Å². The number of carbonyl (C=O) groups excluding carboxylic acids is 2. The quantitative estimate of drug-likeness (QED) is 0.857. The second kappa shape index (κ2) is 5.79. The highest BCUT2D eigenvalue weighted by molar-refractivity contribution is 7.11. The first-order chi connectivity index (χ1) is 10.2. The van der Waals surface area contributed by atoms with Crippen molar-refractivity contribution in [2.45, 2.75) is 58.2 Å². The van der Waals surface area contributed by atoms with Crippen LogP contribution in [0.25, 0.3) is 0 Å². The van der Waals surface area contributed by atoms with E-state index >= 15 is 0 Å². The largest absolute Gasteiger partial charge is 0.329 e. The lowest BCUT2D eigenvalue weighted by Gasteiger charge is -2.41. The van der Waals surface area contributed by atoms with Gasteiger partial charge in [-0.1, -0.05) is 13.8 Å². The van der Waals surface area contributed by atoms with Crippen LogP contribution in [0.1, 0.15) is 42.9 Å². The molecular formula is C16H22N2O2S. The average molecular weight is 306 g/mol. The van der Waals surface area contributed by atoms with Crippen molar-refractivity contribution in [1.29, 1.82) is 0 Å². The van der Waals surface area contributed by atoms with Gasteiger partial charge in [0.25, 0.3) is 0 Å². The van der Waals surface area contributed by atoms with Gasteiger partial charge in [-0.15, -0.1) is 11.3 Å². The maximum atomic E-state index is 12.7. The number of amides is 2. The summed E-state index contributed by atoms with van der Waals surface area (Å²) in [4.78, 5) is 31.5. The molecule has 0 saturated carbocycles. The van der Waals surface area contributed by atoms with Crippen molar-refractivity contribution in [3.05, 3.63) is 21.9 Å². The van der Waals surface area contributed by atoms with E-state index in [-0.39, 0.29) is 23.9 Å². The first kappa shape index (κ1) is 14.6. The lowest BCUT2D eigenvalue weighted by molar-refractivity contribution is -0.160. The van der Waals surface area contributed by atoms with Gasteiger partial charge in [-0.05, 0) is 37.8 Å². The summed E-state index contributed by atoms with van der Waals surface area (Å²) in [6.45, 7) is 5.46. The van der Waals surface area contributed by atoms with Crippen molar-refractivity contribution in [2.75, 3.05) is 6.54 Å². The van der Waals surface area contributed by atoms with Gasteiger partial charge in [-0.2, -0.15) is 0 Å². The van der Waals surface area contributed by atoms with E-state index in [2.05, 4.69) is 19.1 Å². The molecule has 1 aromatic rings. The van der Waals surface area contributed by atoms with Crippen molar-refractivity contribution < 1.29 is 9.59 Å². The SMILES string of the molecule is CCc1ccc(CN2C(=O)C3CCCN3C(=O)C2CC)s1. The highest BCUT2D eigenvalue weighted by atomic mass is 32.1. The lowest BCUT2D eigenvalue weighted by Crippen LogP contribution is -2.62. The molecule has 1 aromatic heterocycles. The Morgan fingerprint density at radius 3 is 2.62 bits per heavy atom. The summed E-state index contributed by atoms with van der Waals surface area (Å²) in [5, 5.41) is 0. The van der Waals surface area contributed by atoms with Crippen LogP contribution in [0.4, 0.5) is 0 Å². The highest BCUT2D eigenvalue weighted by Gasteiger charge is 2.46. The topological polar surface area (TPSA) is 40.6 Å². The Labute approximate surface area is 129 Å². The number of hydrogen-bond donors (Lipinski definition) is 0. The standard InChI is InChI=1S/C16H22N2O2S/c1-3-11-7-8-12(21-11)10-18-13(4-2)15(19)17-9-5-6-14(17)16(18)20/h7-8,13-14H,3-6,9-10H2,1-2H3. The zero-order valence-electron chi connectivity index (χ0n) is 12.7. The summed E-state index contributed by atoms with van der Waals surface area (Å²) in [6.07, 6.45) is 3.48. The lowest BCUT2D eigenvalue weighted by atomic mass is 10.0. The fourth-order valence-corrected chi connectivity index (χ4v) is 4.36. The molecular weight excluding hydrogens is 284 g/mol. The second-order valence-electron chi connectivity index (χ2n) is 5.80. The Hall–Kier alpha value is -1.36. The molecule has 0 N–H and O–H groups in total. The Bertz CT molecular complexity index is 554. The van der Waals surface area contributed by atoms with Crippen molar-refractivity contribution in [2.24, 2.45) is 0 Å². The van der Waals surface area contributed by atoms with Gasteiger partial charge in [0.2, 0.25) is 11.8 Å². The predicted octanol–water partition coefficient (Wildman–Crippen LogP) is 2.42. The number of nitrogens with zero attached hydrogens (tertiary/aromatic N) is 2. The summed E-state index contributed by atoms with van der Waals surface area (Å²) >= 11 is 1.75. The van der Waals surface area contributed by atoms with Crippen molar-refractivity contribution in [1.82, 2.24) is 9.80 Å². The molecule has 0 aromatic carbocycles. The molecule has 4 nitrogen and oxygen atoms in total. The van der Waals surface area contributed by atoms with E-state index in [0.29, 0.717) is 13.0 Å². The van der Waals surface area contributed by atoms with Gasteiger partial charge in [0.05, 0.1) is 6.54 Å². The summed E-state index contributed by atoms with van der Waals surface area (Å²) in [6, 6.07) is 3.73. The maximum Gasteiger partial charge on any atom is 0.246 e. The van der Waals surface area contributed by atoms with Gasteiger partial charge in [-0.3, -0.25) is 9.59 Å². The van der Waals surface area contributed by atoms with Crippen LogP contribution in [0.15, 0.2) is 12.1 Å². The smallest absolute Gasteiger partial charge is 0.246 e. The minimum absolute atomic E-state index is 0.144. The molecule has 2 saturated heterocycles. The number of fused-ring (bicyclic) bond motifs is 1. The van der Waals surface area contributed by atoms with Crippen LogP contribution in [-0.2, 0) is 22.6 Å². The molecule has 0 bridgehead atoms. The van der Waals surface area contributed by atoms with Crippen LogP contribution in [-0.4, -0.2) is 40.2 Å². The van der Waals surface area contributed by atoms with Gasteiger partial charge in [0.15, 0.2) is 0 Å². The van der Waals surface area contributed by atoms with Crippen LogP contribution in [0, 0.1) is 0 Å². The molecule has 0 aliphatic carbocycles. The molecule has 2 amide bonds. The fraction of sp³-hybridized carbons (Fsp3) is 0.625. The molecule has 0 radical (unpaired) electrons. The molecule has 0 spiro atoms. The Kier molecular flexibility index (Phi) is 4.02. The maximum absolute atomic E-state index is 12.7. The average Bonchev–Trinajstić information content (AvgIpc) is 3.14.